The van der Waals surface area contributed by atoms with Crippen LogP contribution in [0.2, 0.25) is 0 Å². The summed E-state index contributed by atoms with van der Waals surface area (Å²) in [5.41, 5.74) is 9.14. The highest BCUT2D eigenvalue weighted by Crippen LogP contribution is 2.54. The van der Waals surface area contributed by atoms with Crippen molar-refractivity contribution >= 4 is 64.5 Å². The zero-order valence-corrected chi connectivity index (χ0v) is 28.4. The Hall–Kier alpha value is -5.50. The highest BCUT2D eigenvalue weighted by molar-refractivity contribution is 7.23. The number of hydrogen-bond donors (Lipinski definition) is 0. The molecule has 1 aliphatic rings. The largest absolute Gasteiger partial charge is 0.135 e. The van der Waals surface area contributed by atoms with Crippen molar-refractivity contribution in [3.8, 4) is 43.8 Å². The Morgan fingerprint density at radius 1 is 0.458 bits per heavy atom. The molecule has 0 spiro atoms. The lowest BCUT2D eigenvalue weighted by molar-refractivity contribution is 1.50. The van der Waals surface area contributed by atoms with Crippen molar-refractivity contribution in [2.24, 2.45) is 0 Å². The van der Waals surface area contributed by atoms with E-state index in [0.29, 0.717) is 0 Å². The fourth-order valence-electron chi connectivity index (χ4n) is 7.44. The Kier molecular flexibility index (Phi) is 7.63. The van der Waals surface area contributed by atoms with E-state index in [0.717, 1.165) is 0 Å². The highest BCUT2D eigenvalue weighted by Gasteiger charge is 2.25. The number of hydrogen-bond acceptors (Lipinski definition) is 1. The summed E-state index contributed by atoms with van der Waals surface area (Å²) in [6, 6.07) is 54.1. The average molecular weight is 633 g/mol. The minimum atomic E-state index is 1.24. The summed E-state index contributed by atoms with van der Waals surface area (Å²) in [7, 11) is 0. The van der Waals surface area contributed by atoms with Crippen molar-refractivity contribution < 1.29 is 0 Å². The molecule has 0 amide bonds. The van der Waals surface area contributed by atoms with Crippen LogP contribution in [0.3, 0.4) is 0 Å². The number of rotatable bonds is 2. The summed E-state index contributed by atoms with van der Waals surface area (Å²) in [6.45, 7) is 9.25. The predicted molar refractivity (Wildman–Crippen MR) is 214 cm³/mol. The van der Waals surface area contributed by atoms with E-state index < -0.39 is 0 Å². The third kappa shape index (κ3) is 4.66. The van der Waals surface area contributed by atoms with Gasteiger partial charge in [0.05, 0.1) is 0 Å². The van der Waals surface area contributed by atoms with Gasteiger partial charge >= 0.3 is 0 Å². The second-order valence-electron chi connectivity index (χ2n) is 12.1. The Bertz CT molecular complexity index is 2630. The second-order valence-corrected chi connectivity index (χ2v) is 13.1. The first-order valence-electron chi connectivity index (χ1n) is 16.8. The van der Waals surface area contributed by atoms with Gasteiger partial charge in [-0.25, -0.2) is 0 Å². The molecule has 0 radical (unpaired) electrons. The van der Waals surface area contributed by atoms with Gasteiger partial charge in [-0.15, -0.1) is 17.9 Å². The molecule has 0 atom stereocenters. The monoisotopic (exact) mass is 632 g/mol. The molecule has 1 heterocycles. The van der Waals surface area contributed by atoms with Crippen molar-refractivity contribution in [2.75, 3.05) is 0 Å². The molecule has 9 aromatic rings. The first-order valence-corrected chi connectivity index (χ1v) is 17.7. The van der Waals surface area contributed by atoms with E-state index in [1.165, 1.54) is 97.0 Å². The van der Waals surface area contributed by atoms with Crippen molar-refractivity contribution in [1.29, 1.82) is 0 Å². The first kappa shape index (κ1) is 29.9. The van der Waals surface area contributed by atoms with Crippen LogP contribution in [0.4, 0.5) is 0 Å². The molecule has 48 heavy (non-hydrogen) atoms. The van der Waals surface area contributed by atoms with Crippen LogP contribution in [0.25, 0.3) is 97.0 Å². The van der Waals surface area contributed by atoms with Gasteiger partial charge in [-0.3, -0.25) is 0 Å². The summed E-state index contributed by atoms with van der Waals surface area (Å²) >= 11 is 1.92. The van der Waals surface area contributed by atoms with E-state index >= 15 is 0 Å². The molecule has 0 nitrogen and oxygen atoms in total. The van der Waals surface area contributed by atoms with Crippen LogP contribution in [0.1, 0.15) is 20.8 Å². The van der Waals surface area contributed by atoms with Crippen molar-refractivity contribution in [3.05, 3.63) is 158 Å². The SMILES string of the molecule is C=CC.CC.c1cc(-c2ccc3sc4c(c3c2)-c2cccc3cccc-4c23)cc(-c2ccc3c4ccccc4c4ccccc4c3c2)c1. The van der Waals surface area contributed by atoms with Gasteiger partial charge in [-0.2, -0.15) is 0 Å². The smallest absolute Gasteiger partial charge is 0.0440 e. The van der Waals surface area contributed by atoms with Gasteiger partial charge in [-0.05, 0) is 102 Å². The first-order chi connectivity index (χ1) is 23.7. The molecule has 8 aromatic carbocycles. The van der Waals surface area contributed by atoms with Gasteiger partial charge < -0.3 is 0 Å². The Morgan fingerprint density at radius 3 is 1.56 bits per heavy atom. The van der Waals surface area contributed by atoms with Crippen LogP contribution in [0.5, 0.6) is 0 Å². The zero-order valence-electron chi connectivity index (χ0n) is 27.5. The quantitative estimate of drug-likeness (QED) is 0.131. The van der Waals surface area contributed by atoms with Crippen LogP contribution >= 0.6 is 11.3 Å². The highest BCUT2D eigenvalue weighted by atomic mass is 32.1. The molecule has 0 unspecified atom stereocenters. The fourth-order valence-corrected chi connectivity index (χ4v) is 8.67. The van der Waals surface area contributed by atoms with Gasteiger partial charge in [0.2, 0.25) is 0 Å². The van der Waals surface area contributed by atoms with Gasteiger partial charge in [0.1, 0.15) is 0 Å². The van der Waals surface area contributed by atoms with Crippen LogP contribution in [-0.4, -0.2) is 0 Å². The minimum Gasteiger partial charge on any atom is -0.135 e. The minimum absolute atomic E-state index is 1.24. The lowest BCUT2D eigenvalue weighted by atomic mass is 9.91. The Labute approximate surface area is 286 Å². The number of benzene rings is 8. The standard InChI is InChI=1S/C42H24S.C3H6.C2H6/c1-2-14-32-30(12-1)31-13-3-4-15-33(31)37-23-28(18-20-34(32)37)26-10-5-11-27(22-26)29-19-21-39-38(24-29)41-35-16-6-8-25-9-7-17-36(40(25)35)42(41)43-39;1-3-2;1-2/h1-24H;3H,1H2,2H3;1-2H3. The molecule has 1 aliphatic carbocycles. The Morgan fingerprint density at radius 2 is 0.938 bits per heavy atom. The van der Waals surface area contributed by atoms with Gasteiger partial charge in [-0.1, -0.05) is 141 Å². The predicted octanol–water partition coefficient (Wildman–Crippen LogP) is 14.7. The van der Waals surface area contributed by atoms with Crippen LogP contribution in [-0.2, 0) is 0 Å². The second kappa shape index (κ2) is 12.3. The summed E-state index contributed by atoms with van der Waals surface area (Å²) in [5.74, 6) is 0. The van der Waals surface area contributed by atoms with Crippen molar-refractivity contribution in [3.63, 3.8) is 0 Å². The van der Waals surface area contributed by atoms with Gasteiger partial charge in [0, 0.05) is 26.1 Å². The number of fused-ring (bicyclic) bond motifs is 11. The fraction of sp³-hybridized carbons (Fsp3) is 0.0638. The van der Waals surface area contributed by atoms with E-state index in [1.54, 1.807) is 6.08 Å². The molecular formula is C47H36S. The van der Waals surface area contributed by atoms with E-state index in [4.69, 9.17) is 0 Å². The summed E-state index contributed by atoms with van der Waals surface area (Å²) in [5, 5.41) is 11.9. The Balaban J connectivity index is 0.000000640. The number of thiophene rings is 1. The summed E-state index contributed by atoms with van der Waals surface area (Å²) in [6.07, 6.45) is 1.75. The van der Waals surface area contributed by atoms with Crippen LogP contribution in [0.15, 0.2) is 158 Å². The number of allylic oxidation sites excluding steroid dienone is 1. The normalized spacial score (nSPS) is 11.3. The third-order valence-corrected chi connectivity index (χ3v) is 10.6. The van der Waals surface area contributed by atoms with E-state index in [2.05, 4.69) is 152 Å². The summed E-state index contributed by atoms with van der Waals surface area (Å²) < 4.78 is 1.35. The molecule has 0 saturated heterocycles. The van der Waals surface area contributed by atoms with E-state index in [-0.39, 0.29) is 0 Å². The van der Waals surface area contributed by atoms with Crippen molar-refractivity contribution in [1.82, 2.24) is 0 Å². The van der Waals surface area contributed by atoms with Gasteiger partial charge in [0.25, 0.3) is 0 Å². The van der Waals surface area contributed by atoms with Gasteiger partial charge in [0.15, 0.2) is 0 Å². The molecular weight excluding hydrogens is 597 g/mol. The molecule has 0 fully saturated rings. The van der Waals surface area contributed by atoms with Crippen LogP contribution in [0, 0.1) is 0 Å². The lowest BCUT2D eigenvalue weighted by Gasteiger charge is -2.12. The molecule has 0 aliphatic heterocycles. The van der Waals surface area contributed by atoms with Crippen LogP contribution < -0.4 is 0 Å². The molecule has 0 saturated carbocycles. The maximum Gasteiger partial charge on any atom is 0.0440 e. The maximum absolute atomic E-state index is 3.36. The average Bonchev–Trinajstić information content (AvgIpc) is 3.69. The van der Waals surface area contributed by atoms with Crippen molar-refractivity contribution in [2.45, 2.75) is 20.8 Å². The molecule has 0 bridgehead atoms. The molecule has 1 aromatic heterocycles. The molecule has 0 N–H and O–H groups in total. The summed E-state index contributed by atoms with van der Waals surface area (Å²) in [4.78, 5) is 1.41. The topological polar surface area (TPSA) is 0 Å². The van der Waals surface area contributed by atoms with E-state index in [1.807, 2.05) is 32.1 Å². The lowest BCUT2D eigenvalue weighted by Crippen LogP contribution is -1.86. The maximum atomic E-state index is 3.36. The zero-order chi connectivity index (χ0) is 32.8. The third-order valence-electron chi connectivity index (χ3n) is 9.38. The molecule has 1 heteroatoms. The molecule has 230 valence electrons. The molecule has 10 rings (SSSR count). The van der Waals surface area contributed by atoms with E-state index in [9.17, 15) is 0 Å².